The van der Waals surface area contributed by atoms with Gasteiger partial charge in [-0.2, -0.15) is 16.9 Å². The number of hydrogen-bond acceptors (Lipinski definition) is 3. The number of halogens is 1. The molecule has 16 heavy (non-hydrogen) atoms. The van der Waals surface area contributed by atoms with E-state index in [0.717, 1.165) is 30.0 Å². The maximum Gasteiger partial charge on any atom is 0.151 e. The number of carbonyl (C=O) groups excluding carboxylic acids is 1. The topological polar surface area (TPSA) is 34.9 Å². The van der Waals surface area contributed by atoms with Gasteiger partial charge in [-0.15, -0.1) is 0 Å². The Balaban J connectivity index is 2.11. The Hall–Kier alpha value is -0.480. The zero-order valence-electron chi connectivity index (χ0n) is 9.49. The minimum atomic E-state index is 0.172. The number of rotatable bonds is 3. The van der Waals surface area contributed by atoms with Crippen LogP contribution >= 0.6 is 23.4 Å². The van der Waals surface area contributed by atoms with Crippen LogP contribution in [0.5, 0.6) is 0 Å². The van der Waals surface area contributed by atoms with E-state index in [1.807, 2.05) is 14.0 Å². The molecule has 1 saturated heterocycles. The van der Waals surface area contributed by atoms with Crippen molar-refractivity contribution in [2.24, 2.45) is 7.05 Å². The summed E-state index contributed by atoms with van der Waals surface area (Å²) in [5.41, 5.74) is 1.64. The molecule has 0 aromatic carbocycles. The lowest BCUT2D eigenvalue weighted by atomic mass is 10.1. The molecular formula is C11H15ClN2OS. The summed E-state index contributed by atoms with van der Waals surface area (Å²) in [5.74, 6) is 1.39. The van der Waals surface area contributed by atoms with Crippen molar-refractivity contribution in [3.05, 3.63) is 16.4 Å². The van der Waals surface area contributed by atoms with Crippen LogP contribution in [0.1, 0.15) is 24.2 Å². The minimum Gasteiger partial charge on any atom is -0.298 e. The summed E-state index contributed by atoms with van der Waals surface area (Å²) in [7, 11) is 1.84. The molecule has 0 radical (unpaired) electrons. The van der Waals surface area contributed by atoms with Crippen molar-refractivity contribution in [1.29, 1.82) is 0 Å². The van der Waals surface area contributed by atoms with Crippen molar-refractivity contribution in [2.45, 2.75) is 31.4 Å². The third-order valence-corrected chi connectivity index (χ3v) is 4.81. The fraction of sp³-hybridized carbons (Fsp3) is 0.636. The fourth-order valence-corrected chi connectivity index (χ4v) is 3.43. The van der Waals surface area contributed by atoms with E-state index < -0.39 is 0 Å². The first-order valence-corrected chi connectivity index (χ1v) is 6.84. The molecule has 3 nitrogen and oxygen atoms in total. The predicted octanol–water partition coefficient (Wildman–Crippen LogP) is 2.39. The van der Waals surface area contributed by atoms with Gasteiger partial charge in [-0.25, -0.2) is 0 Å². The van der Waals surface area contributed by atoms with Gasteiger partial charge in [0.05, 0.1) is 28.1 Å². The van der Waals surface area contributed by atoms with E-state index in [1.165, 1.54) is 0 Å². The van der Waals surface area contributed by atoms with Gasteiger partial charge >= 0.3 is 0 Å². The standard InChI is InChI=1S/C11H15ClN2OS/c1-7-11(12)8(14(2)13-7)6-9(15)10-4-3-5-16-10/h10H,3-6H2,1-2H3. The Morgan fingerprint density at radius 2 is 2.44 bits per heavy atom. The number of Topliss-reactive ketones (excluding diaryl/α,β-unsaturated/α-hetero) is 1. The molecule has 0 amide bonds. The lowest BCUT2D eigenvalue weighted by molar-refractivity contribution is -0.118. The molecule has 0 aliphatic carbocycles. The highest BCUT2D eigenvalue weighted by Crippen LogP contribution is 2.29. The van der Waals surface area contributed by atoms with Gasteiger partial charge < -0.3 is 0 Å². The largest absolute Gasteiger partial charge is 0.298 e. The van der Waals surface area contributed by atoms with E-state index in [0.29, 0.717) is 11.4 Å². The Bertz CT molecular complexity index is 410. The van der Waals surface area contributed by atoms with Crippen molar-refractivity contribution < 1.29 is 4.79 Å². The van der Waals surface area contributed by atoms with E-state index >= 15 is 0 Å². The number of carbonyl (C=O) groups is 1. The van der Waals surface area contributed by atoms with Crippen LogP contribution in [-0.2, 0) is 18.3 Å². The summed E-state index contributed by atoms with van der Waals surface area (Å²) in [6.45, 7) is 1.86. The maximum atomic E-state index is 12.0. The maximum absolute atomic E-state index is 12.0. The van der Waals surface area contributed by atoms with Gasteiger partial charge in [-0.3, -0.25) is 9.48 Å². The molecule has 2 heterocycles. The Morgan fingerprint density at radius 3 is 2.94 bits per heavy atom. The quantitative estimate of drug-likeness (QED) is 0.835. The average Bonchev–Trinajstić information content (AvgIpc) is 2.83. The lowest BCUT2D eigenvalue weighted by Gasteiger charge is -2.07. The van der Waals surface area contributed by atoms with Crippen LogP contribution in [0.3, 0.4) is 0 Å². The number of aryl methyl sites for hydroxylation is 2. The van der Waals surface area contributed by atoms with Crippen LogP contribution in [0.2, 0.25) is 5.02 Å². The molecular weight excluding hydrogens is 244 g/mol. The van der Waals surface area contributed by atoms with Gasteiger partial charge in [-0.05, 0) is 25.5 Å². The van der Waals surface area contributed by atoms with E-state index in [9.17, 15) is 4.79 Å². The van der Waals surface area contributed by atoms with Crippen molar-refractivity contribution in [1.82, 2.24) is 9.78 Å². The average molecular weight is 259 g/mol. The molecule has 1 aromatic rings. The SMILES string of the molecule is Cc1nn(C)c(CC(=O)C2CCCS2)c1Cl. The highest BCUT2D eigenvalue weighted by Gasteiger charge is 2.25. The fourth-order valence-electron chi connectivity index (χ4n) is 1.98. The van der Waals surface area contributed by atoms with E-state index in [4.69, 9.17) is 11.6 Å². The zero-order valence-corrected chi connectivity index (χ0v) is 11.1. The first-order chi connectivity index (χ1) is 7.59. The van der Waals surface area contributed by atoms with Crippen LogP contribution in [0.15, 0.2) is 0 Å². The molecule has 1 aliphatic heterocycles. The molecule has 5 heteroatoms. The normalized spacial score (nSPS) is 20.3. The summed E-state index contributed by atoms with van der Waals surface area (Å²) in [4.78, 5) is 12.0. The number of aromatic nitrogens is 2. The molecule has 0 saturated carbocycles. The number of hydrogen-bond donors (Lipinski definition) is 0. The Kier molecular flexibility index (Phi) is 3.60. The predicted molar refractivity (Wildman–Crippen MR) is 67.1 cm³/mol. The monoisotopic (exact) mass is 258 g/mol. The van der Waals surface area contributed by atoms with Gasteiger partial charge in [0.25, 0.3) is 0 Å². The van der Waals surface area contributed by atoms with Crippen LogP contribution in [0.4, 0.5) is 0 Å². The van der Waals surface area contributed by atoms with Crippen LogP contribution < -0.4 is 0 Å². The van der Waals surface area contributed by atoms with Crippen molar-refractivity contribution >= 4 is 29.1 Å². The second kappa shape index (κ2) is 4.80. The summed E-state index contributed by atoms with van der Waals surface area (Å²) in [5, 5.41) is 5.03. The first-order valence-electron chi connectivity index (χ1n) is 5.42. The Labute approximate surface area is 105 Å². The van der Waals surface area contributed by atoms with Crippen LogP contribution in [0, 0.1) is 6.92 Å². The lowest BCUT2D eigenvalue weighted by Crippen LogP contribution is -2.18. The summed E-state index contributed by atoms with van der Waals surface area (Å²) in [6.07, 6.45) is 2.57. The third-order valence-electron chi connectivity index (χ3n) is 2.89. The van der Waals surface area contributed by atoms with Crippen molar-refractivity contribution in [2.75, 3.05) is 5.75 Å². The number of ketones is 1. The number of thioether (sulfide) groups is 1. The van der Waals surface area contributed by atoms with Gasteiger partial charge in [0.1, 0.15) is 0 Å². The molecule has 0 spiro atoms. The molecule has 1 atom stereocenters. The molecule has 2 rings (SSSR count). The molecule has 1 aliphatic rings. The first kappa shape index (κ1) is 12.0. The van der Waals surface area contributed by atoms with Gasteiger partial charge in [0.15, 0.2) is 5.78 Å². The molecule has 0 N–H and O–H groups in total. The zero-order chi connectivity index (χ0) is 11.7. The molecule has 88 valence electrons. The highest BCUT2D eigenvalue weighted by molar-refractivity contribution is 8.00. The molecule has 1 aromatic heterocycles. The molecule has 1 unspecified atom stereocenters. The highest BCUT2D eigenvalue weighted by atomic mass is 35.5. The van der Waals surface area contributed by atoms with Gasteiger partial charge in [-0.1, -0.05) is 11.6 Å². The second-order valence-corrected chi connectivity index (χ2v) is 5.80. The summed E-state index contributed by atoms with van der Waals surface area (Å²) >= 11 is 7.89. The van der Waals surface area contributed by atoms with Crippen LogP contribution in [-0.4, -0.2) is 26.6 Å². The van der Waals surface area contributed by atoms with Gasteiger partial charge in [0.2, 0.25) is 0 Å². The third kappa shape index (κ3) is 2.28. The molecule has 1 fully saturated rings. The Morgan fingerprint density at radius 1 is 1.69 bits per heavy atom. The van der Waals surface area contributed by atoms with Crippen molar-refractivity contribution in [3.63, 3.8) is 0 Å². The van der Waals surface area contributed by atoms with Crippen LogP contribution in [0.25, 0.3) is 0 Å². The van der Waals surface area contributed by atoms with E-state index in [2.05, 4.69) is 5.10 Å². The van der Waals surface area contributed by atoms with E-state index in [1.54, 1.807) is 16.4 Å². The summed E-state index contributed by atoms with van der Waals surface area (Å²) in [6, 6.07) is 0. The van der Waals surface area contributed by atoms with Gasteiger partial charge in [0, 0.05) is 7.05 Å². The van der Waals surface area contributed by atoms with E-state index in [-0.39, 0.29) is 11.0 Å². The van der Waals surface area contributed by atoms with Crippen molar-refractivity contribution in [3.8, 4) is 0 Å². The summed E-state index contributed by atoms with van der Waals surface area (Å²) < 4.78 is 1.72. The minimum absolute atomic E-state index is 0.172. The second-order valence-electron chi connectivity index (χ2n) is 4.11. The smallest absolute Gasteiger partial charge is 0.151 e. The number of nitrogens with zero attached hydrogens (tertiary/aromatic N) is 2. The molecule has 0 bridgehead atoms.